The fourth-order valence-corrected chi connectivity index (χ4v) is 0.686. The lowest BCUT2D eigenvalue weighted by atomic mass is 10.2. The first-order chi connectivity index (χ1) is 6.40. The van der Waals surface area contributed by atoms with Crippen molar-refractivity contribution < 1.29 is 27.1 Å². The van der Waals surface area contributed by atoms with E-state index in [4.69, 9.17) is 0 Å². The Morgan fingerprint density at radius 2 is 2.14 bits per heavy atom. The SMILES string of the molecule is O=C(OC1(CF)C=CN=N1)C(F)(F)F. The van der Waals surface area contributed by atoms with Crippen LogP contribution in [0.4, 0.5) is 17.6 Å². The zero-order valence-corrected chi connectivity index (χ0v) is 6.58. The molecule has 0 N–H and O–H groups in total. The van der Waals surface area contributed by atoms with Crippen LogP contribution in [0.2, 0.25) is 0 Å². The number of azo groups is 1. The molecule has 0 aromatic carbocycles. The van der Waals surface area contributed by atoms with Crippen LogP contribution in [0.25, 0.3) is 0 Å². The minimum atomic E-state index is -5.17. The van der Waals surface area contributed by atoms with Crippen molar-refractivity contribution in [3.8, 4) is 0 Å². The molecule has 1 rings (SSSR count). The summed E-state index contributed by atoms with van der Waals surface area (Å²) in [5.41, 5.74) is -2.24. The Morgan fingerprint density at radius 1 is 1.50 bits per heavy atom. The fourth-order valence-electron chi connectivity index (χ4n) is 0.686. The van der Waals surface area contributed by atoms with Crippen LogP contribution in [-0.4, -0.2) is 24.5 Å². The minimum Gasteiger partial charge on any atom is -0.422 e. The minimum absolute atomic E-state index is 0.830. The maximum Gasteiger partial charge on any atom is 0.491 e. The molecular weight excluding hydrogens is 208 g/mol. The maximum absolute atomic E-state index is 12.3. The summed E-state index contributed by atoms with van der Waals surface area (Å²) in [6.45, 7) is -1.39. The standard InChI is InChI=1S/C6H4F4N2O2/c7-3-5(1-2-11-12-5)14-4(13)6(8,9)10/h1-2H,3H2. The predicted octanol–water partition coefficient (Wildman–Crippen LogP) is 1.74. The molecule has 0 saturated heterocycles. The molecule has 1 aliphatic rings. The molecule has 0 saturated carbocycles. The third kappa shape index (κ3) is 2.06. The van der Waals surface area contributed by atoms with Crippen LogP contribution in [0.5, 0.6) is 0 Å². The van der Waals surface area contributed by atoms with Crippen LogP contribution in [0.1, 0.15) is 0 Å². The second-order valence-corrected chi connectivity index (χ2v) is 2.40. The van der Waals surface area contributed by atoms with E-state index in [9.17, 15) is 22.4 Å². The first-order valence-electron chi connectivity index (χ1n) is 3.35. The van der Waals surface area contributed by atoms with Crippen molar-refractivity contribution in [1.82, 2.24) is 0 Å². The number of ether oxygens (including phenoxy) is 1. The molecule has 0 bridgehead atoms. The van der Waals surface area contributed by atoms with E-state index in [0.717, 1.165) is 12.3 Å². The number of hydrogen-bond acceptors (Lipinski definition) is 4. The van der Waals surface area contributed by atoms with E-state index in [2.05, 4.69) is 15.0 Å². The second kappa shape index (κ2) is 3.35. The molecule has 1 atom stereocenters. The molecule has 0 fully saturated rings. The topological polar surface area (TPSA) is 51.0 Å². The summed E-state index contributed by atoms with van der Waals surface area (Å²) >= 11 is 0. The number of nitrogens with zero attached hydrogens (tertiary/aromatic N) is 2. The van der Waals surface area contributed by atoms with Crippen LogP contribution >= 0.6 is 0 Å². The van der Waals surface area contributed by atoms with Crippen molar-refractivity contribution in [2.75, 3.05) is 6.67 Å². The van der Waals surface area contributed by atoms with Crippen molar-refractivity contribution in [3.05, 3.63) is 12.3 Å². The molecule has 1 aliphatic heterocycles. The molecule has 14 heavy (non-hydrogen) atoms. The van der Waals surface area contributed by atoms with Gasteiger partial charge in [-0.15, -0.1) is 5.11 Å². The van der Waals surface area contributed by atoms with E-state index < -0.39 is 24.5 Å². The highest BCUT2D eigenvalue weighted by molar-refractivity contribution is 5.76. The van der Waals surface area contributed by atoms with Crippen LogP contribution in [0.3, 0.4) is 0 Å². The average molecular weight is 212 g/mol. The highest BCUT2D eigenvalue weighted by Gasteiger charge is 2.47. The highest BCUT2D eigenvalue weighted by atomic mass is 19.4. The van der Waals surface area contributed by atoms with Gasteiger partial charge in [0.15, 0.2) is 6.67 Å². The first kappa shape index (κ1) is 10.6. The summed E-state index contributed by atoms with van der Waals surface area (Å²) in [7, 11) is 0. The summed E-state index contributed by atoms with van der Waals surface area (Å²) in [5, 5.41) is 6.14. The lowest BCUT2D eigenvalue weighted by Gasteiger charge is -2.19. The van der Waals surface area contributed by atoms with Gasteiger partial charge in [-0.2, -0.15) is 18.3 Å². The Hall–Kier alpha value is -1.47. The molecule has 4 nitrogen and oxygen atoms in total. The molecule has 0 radical (unpaired) electrons. The molecule has 0 aromatic heterocycles. The van der Waals surface area contributed by atoms with Gasteiger partial charge in [-0.1, -0.05) is 0 Å². The van der Waals surface area contributed by atoms with E-state index in [1.807, 2.05) is 0 Å². The number of rotatable bonds is 2. The van der Waals surface area contributed by atoms with E-state index in [1.54, 1.807) is 0 Å². The summed E-state index contributed by atoms with van der Waals surface area (Å²) in [6, 6.07) is 0. The number of alkyl halides is 4. The number of hydrogen-bond donors (Lipinski definition) is 0. The summed E-state index contributed by atoms with van der Waals surface area (Å²) in [5.74, 6) is -2.50. The quantitative estimate of drug-likeness (QED) is 0.517. The Morgan fingerprint density at radius 3 is 2.50 bits per heavy atom. The smallest absolute Gasteiger partial charge is 0.422 e. The molecule has 0 aliphatic carbocycles. The average Bonchev–Trinajstić information content (AvgIpc) is 2.52. The van der Waals surface area contributed by atoms with Crippen LogP contribution in [0, 0.1) is 0 Å². The van der Waals surface area contributed by atoms with Gasteiger partial charge in [0.1, 0.15) is 0 Å². The van der Waals surface area contributed by atoms with Gasteiger partial charge in [0.05, 0.1) is 6.20 Å². The Bertz CT molecular complexity index is 285. The van der Waals surface area contributed by atoms with E-state index in [-0.39, 0.29) is 0 Å². The van der Waals surface area contributed by atoms with Gasteiger partial charge >= 0.3 is 12.1 Å². The fraction of sp³-hybridized carbons (Fsp3) is 0.500. The van der Waals surface area contributed by atoms with Crippen molar-refractivity contribution >= 4 is 5.97 Å². The molecule has 1 unspecified atom stereocenters. The first-order valence-corrected chi connectivity index (χ1v) is 3.35. The summed E-state index contributed by atoms with van der Waals surface area (Å²) in [6.07, 6.45) is -3.39. The van der Waals surface area contributed by atoms with Gasteiger partial charge < -0.3 is 4.74 Å². The number of carbonyl (C=O) groups is 1. The van der Waals surface area contributed by atoms with Gasteiger partial charge in [0.2, 0.25) is 0 Å². The van der Waals surface area contributed by atoms with Crippen molar-refractivity contribution in [1.29, 1.82) is 0 Å². The maximum atomic E-state index is 12.3. The predicted molar refractivity (Wildman–Crippen MR) is 34.8 cm³/mol. The second-order valence-electron chi connectivity index (χ2n) is 2.40. The van der Waals surface area contributed by atoms with E-state index in [0.29, 0.717) is 0 Å². The monoisotopic (exact) mass is 212 g/mol. The highest BCUT2D eigenvalue weighted by Crippen LogP contribution is 2.26. The van der Waals surface area contributed by atoms with Crippen molar-refractivity contribution in [2.24, 2.45) is 10.2 Å². The number of carbonyl (C=O) groups excluding carboxylic acids is 1. The van der Waals surface area contributed by atoms with Crippen molar-refractivity contribution in [3.63, 3.8) is 0 Å². The normalized spacial score (nSPS) is 25.4. The van der Waals surface area contributed by atoms with Crippen LogP contribution in [0.15, 0.2) is 22.5 Å². The molecule has 78 valence electrons. The Balaban J connectivity index is 2.72. The van der Waals surface area contributed by atoms with E-state index >= 15 is 0 Å². The summed E-state index contributed by atoms with van der Waals surface area (Å²) < 4.78 is 51.2. The Kier molecular flexibility index (Phi) is 2.54. The van der Waals surface area contributed by atoms with Crippen molar-refractivity contribution in [2.45, 2.75) is 11.9 Å². The molecule has 8 heteroatoms. The lowest BCUT2D eigenvalue weighted by Crippen LogP contribution is -2.37. The van der Waals surface area contributed by atoms with Gasteiger partial charge in [-0.25, -0.2) is 9.18 Å². The third-order valence-corrected chi connectivity index (χ3v) is 1.32. The van der Waals surface area contributed by atoms with Gasteiger partial charge in [0.25, 0.3) is 5.72 Å². The van der Waals surface area contributed by atoms with Crippen LogP contribution < -0.4 is 0 Å². The van der Waals surface area contributed by atoms with Crippen LogP contribution in [-0.2, 0) is 9.53 Å². The van der Waals surface area contributed by atoms with Gasteiger partial charge in [-0.05, 0) is 0 Å². The third-order valence-electron chi connectivity index (χ3n) is 1.32. The number of esters is 1. The molecular formula is C6H4F4N2O2. The molecule has 0 spiro atoms. The largest absolute Gasteiger partial charge is 0.491 e. The van der Waals surface area contributed by atoms with Gasteiger partial charge in [0, 0.05) is 6.08 Å². The zero-order valence-electron chi connectivity index (χ0n) is 6.58. The van der Waals surface area contributed by atoms with E-state index in [1.165, 1.54) is 0 Å². The molecule has 0 amide bonds. The summed E-state index contributed by atoms with van der Waals surface area (Å²) in [4.78, 5) is 10.3. The lowest BCUT2D eigenvalue weighted by molar-refractivity contribution is -0.210. The molecule has 0 aromatic rings. The van der Waals surface area contributed by atoms with Gasteiger partial charge in [-0.3, -0.25) is 0 Å². The molecule has 1 heterocycles. The number of halogens is 4. The zero-order chi connectivity index (χ0) is 10.8. The Labute approximate surface area is 75.3 Å².